The Balaban J connectivity index is 2.08. The quantitative estimate of drug-likeness (QED) is 0.362. The molecule has 2 aromatic rings. The number of ketones is 1. The molecule has 3 rings (SSSR count). The van der Waals surface area contributed by atoms with Crippen molar-refractivity contribution in [2.45, 2.75) is 19.4 Å². The van der Waals surface area contributed by atoms with E-state index in [2.05, 4.69) is 0 Å². The Labute approximate surface area is 191 Å². The Bertz CT molecular complexity index is 1040. The summed E-state index contributed by atoms with van der Waals surface area (Å²) >= 11 is 6.25. The molecule has 0 saturated carbocycles. The molecule has 1 saturated heterocycles. The summed E-state index contributed by atoms with van der Waals surface area (Å²) in [5, 5.41) is 11.3. The third-order valence-electron chi connectivity index (χ3n) is 5.24. The second-order valence-corrected chi connectivity index (χ2v) is 8.19. The third kappa shape index (κ3) is 4.95. The predicted molar refractivity (Wildman–Crippen MR) is 121 cm³/mol. The summed E-state index contributed by atoms with van der Waals surface area (Å²) in [6.45, 7) is 3.28. The predicted octanol–water partition coefficient (Wildman–Crippen LogP) is 4.25. The standard InChI is InChI=1S/C24H26ClFN2O4/c1-4-32-19-11-8-16(14-18(19)25)22(29)20-21(15-6-9-17(26)10-7-15)28(24(31)23(20)30)13-5-12-27(2)3/h6-11,14,21,29H,4-5,12-13H2,1-3H3. The summed E-state index contributed by atoms with van der Waals surface area (Å²) in [4.78, 5) is 29.3. The zero-order valence-electron chi connectivity index (χ0n) is 18.3. The van der Waals surface area contributed by atoms with E-state index in [1.54, 1.807) is 12.1 Å². The van der Waals surface area contributed by atoms with Crippen LogP contribution in [0.25, 0.3) is 5.76 Å². The van der Waals surface area contributed by atoms with Gasteiger partial charge in [0.1, 0.15) is 17.3 Å². The Hall–Kier alpha value is -2.90. The van der Waals surface area contributed by atoms with E-state index in [0.717, 1.165) is 0 Å². The number of hydrogen-bond donors (Lipinski definition) is 1. The second kappa shape index (κ2) is 10.1. The van der Waals surface area contributed by atoms with Gasteiger partial charge in [0.2, 0.25) is 0 Å². The summed E-state index contributed by atoms with van der Waals surface area (Å²) in [7, 11) is 3.84. The van der Waals surface area contributed by atoms with Crippen molar-refractivity contribution in [3.05, 3.63) is 70.0 Å². The van der Waals surface area contributed by atoms with Crippen LogP contribution in [0.3, 0.4) is 0 Å². The number of hydrogen-bond acceptors (Lipinski definition) is 5. The van der Waals surface area contributed by atoms with E-state index < -0.39 is 23.5 Å². The molecule has 1 unspecified atom stereocenters. The number of Topliss-reactive ketones (excluding diaryl/α,β-unsaturated/α-hetero) is 1. The van der Waals surface area contributed by atoms with E-state index in [9.17, 15) is 19.1 Å². The molecule has 1 N–H and O–H groups in total. The minimum atomic E-state index is -0.830. The molecule has 1 amide bonds. The number of rotatable bonds is 8. The minimum absolute atomic E-state index is 0.0494. The van der Waals surface area contributed by atoms with Gasteiger partial charge in [-0.1, -0.05) is 23.7 Å². The summed E-state index contributed by atoms with van der Waals surface area (Å²) < 4.78 is 19.0. The molecule has 8 heteroatoms. The van der Waals surface area contributed by atoms with Crippen molar-refractivity contribution in [1.29, 1.82) is 0 Å². The number of nitrogens with zero attached hydrogens (tertiary/aromatic N) is 2. The fraction of sp³-hybridized carbons (Fsp3) is 0.333. The number of halogens is 2. The molecule has 1 aliphatic rings. The lowest BCUT2D eigenvalue weighted by Crippen LogP contribution is -2.32. The molecule has 6 nitrogen and oxygen atoms in total. The van der Waals surface area contributed by atoms with Gasteiger partial charge in [-0.2, -0.15) is 0 Å². The summed E-state index contributed by atoms with van der Waals surface area (Å²) in [5.41, 5.74) is 0.776. The molecule has 0 radical (unpaired) electrons. The van der Waals surface area contributed by atoms with Crippen molar-refractivity contribution in [2.75, 3.05) is 33.8 Å². The average Bonchev–Trinajstić information content (AvgIpc) is 3.00. The number of likely N-dealkylation sites (tertiary alicyclic amines) is 1. The molecule has 1 atom stereocenters. The van der Waals surface area contributed by atoms with E-state index >= 15 is 0 Å². The number of aliphatic hydroxyl groups excluding tert-OH is 1. The van der Waals surface area contributed by atoms with Gasteiger partial charge in [0.25, 0.3) is 11.7 Å². The number of carbonyl (C=O) groups excluding carboxylic acids is 2. The molecule has 170 valence electrons. The van der Waals surface area contributed by atoms with Gasteiger partial charge in [0.15, 0.2) is 0 Å². The lowest BCUT2D eigenvalue weighted by Gasteiger charge is -2.26. The van der Waals surface area contributed by atoms with Gasteiger partial charge in [-0.05, 0) is 69.9 Å². The molecule has 2 aromatic carbocycles. The average molecular weight is 461 g/mol. The van der Waals surface area contributed by atoms with Gasteiger partial charge in [0, 0.05) is 12.1 Å². The maximum absolute atomic E-state index is 13.5. The molecule has 0 spiro atoms. The first-order valence-electron chi connectivity index (χ1n) is 10.4. The van der Waals surface area contributed by atoms with Crippen molar-refractivity contribution in [2.24, 2.45) is 0 Å². The fourth-order valence-corrected chi connectivity index (χ4v) is 3.97. The molecule has 0 aliphatic carbocycles. The van der Waals surface area contributed by atoms with E-state index in [0.29, 0.717) is 37.4 Å². The van der Waals surface area contributed by atoms with Gasteiger partial charge >= 0.3 is 0 Å². The lowest BCUT2D eigenvalue weighted by atomic mass is 9.95. The highest BCUT2D eigenvalue weighted by Crippen LogP contribution is 2.40. The van der Waals surface area contributed by atoms with Crippen LogP contribution in [0.1, 0.15) is 30.5 Å². The third-order valence-corrected chi connectivity index (χ3v) is 5.53. The highest BCUT2D eigenvalue weighted by Gasteiger charge is 2.45. The van der Waals surface area contributed by atoms with Crippen molar-refractivity contribution >= 4 is 29.1 Å². The fourth-order valence-electron chi connectivity index (χ4n) is 3.74. The lowest BCUT2D eigenvalue weighted by molar-refractivity contribution is -0.139. The molecular weight excluding hydrogens is 435 g/mol. The Morgan fingerprint density at radius 3 is 2.47 bits per heavy atom. The number of amides is 1. The Morgan fingerprint density at radius 1 is 1.19 bits per heavy atom. The number of aliphatic hydroxyl groups is 1. The monoisotopic (exact) mass is 460 g/mol. The van der Waals surface area contributed by atoms with Gasteiger partial charge in [0.05, 0.1) is 23.2 Å². The molecule has 0 aromatic heterocycles. The second-order valence-electron chi connectivity index (χ2n) is 7.78. The maximum Gasteiger partial charge on any atom is 0.295 e. The normalized spacial score (nSPS) is 17.9. The molecular formula is C24H26ClFN2O4. The van der Waals surface area contributed by atoms with E-state index in [1.807, 2.05) is 25.9 Å². The zero-order chi connectivity index (χ0) is 23.4. The Morgan fingerprint density at radius 2 is 1.88 bits per heavy atom. The number of benzene rings is 2. The van der Waals surface area contributed by atoms with Crippen LogP contribution in [0, 0.1) is 5.82 Å². The largest absolute Gasteiger partial charge is 0.507 e. The van der Waals surface area contributed by atoms with Crippen LogP contribution in [0.5, 0.6) is 5.75 Å². The highest BCUT2D eigenvalue weighted by molar-refractivity contribution is 6.46. The molecule has 32 heavy (non-hydrogen) atoms. The first-order valence-corrected chi connectivity index (χ1v) is 10.7. The van der Waals surface area contributed by atoms with E-state index in [-0.39, 0.29) is 21.9 Å². The van der Waals surface area contributed by atoms with Crippen LogP contribution in [-0.2, 0) is 9.59 Å². The topological polar surface area (TPSA) is 70.1 Å². The van der Waals surface area contributed by atoms with Crippen molar-refractivity contribution in [3.63, 3.8) is 0 Å². The molecule has 1 heterocycles. The van der Waals surface area contributed by atoms with E-state index in [1.165, 1.54) is 35.2 Å². The van der Waals surface area contributed by atoms with Crippen LogP contribution in [-0.4, -0.2) is 60.4 Å². The van der Waals surface area contributed by atoms with E-state index in [4.69, 9.17) is 16.3 Å². The maximum atomic E-state index is 13.5. The van der Waals surface area contributed by atoms with Crippen LogP contribution in [0.2, 0.25) is 5.02 Å². The summed E-state index contributed by atoms with van der Waals surface area (Å²) in [6, 6.07) is 9.40. The molecule has 1 fully saturated rings. The van der Waals surface area contributed by atoms with Crippen LogP contribution in [0.4, 0.5) is 4.39 Å². The SMILES string of the molecule is CCOc1ccc(C(O)=C2C(=O)C(=O)N(CCCN(C)C)C2c2ccc(F)cc2)cc1Cl. The van der Waals surface area contributed by atoms with Crippen LogP contribution < -0.4 is 4.74 Å². The summed E-state index contributed by atoms with van der Waals surface area (Å²) in [6.07, 6.45) is 0.632. The zero-order valence-corrected chi connectivity index (χ0v) is 19.0. The van der Waals surface area contributed by atoms with Crippen LogP contribution in [0.15, 0.2) is 48.0 Å². The van der Waals surface area contributed by atoms with Crippen molar-refractivity contribution < 1.29 is 23.8 Å². The number of ether oxygens (including phenoxy) is 1. The Kier molecular flexibility index (Phi) is 7.53. The van der Waals surface area contributed by atoms with Gasteiger partial charge in [-0.3, -0.25) is 9.59 Å². The molecule has 0 bridgehead atoms. The smallest absolute Gasteiger partial charge is 0.295 e. The molecule has 1 aliphatic heterocycles. The number of carbonyl (C=O) groups is 2. The van der Waals surface area contributed by atoms with Gasteiger partial charge < -0.3 is 19.6 Å². The van der Waals surface area contributed by atoms with Crippen LogP contribution >= 0.6 is 11.6 Å². The highest BCUT2D eigenvalue weighted by atomic mass is 35.5. The minimum Gasteiger partial charge on any atom is -0.507 e. The summed E-state index contributed by atoms with van der Waals surface area (Å²) in [5.74, 6) is -1.80. The van der Waals surface area contributed by atoms with Gasteiger partial charge in [-0.25, -0.2) is 4.39 Å². The van der Waals surface area contributed by atoms with Crippen molar-refractivity contribution in [3.8, 4) is 5.75 Å². The first kappa shape index (κ1) is 23.8. The first-order chi connectivity index (χ1) is 15.2. The van der Waals surface area contributed by atoms with Crippen molar-refractivity contribution in [1.82, 2.24) is 9.80 Å². The van der Waals surface area contributed by atoms with Gasteiger partial charge in [-0.15, -0.1) is 0 Å².